The van der Waals surface area contributed by atoms with Crippen LogP contribution in [0.4, 0.5) is 5.69 Å². The molecule has 0 saturated heterocycles. The zero-order chi connectivity index (χ0) is 11.4. The first-order chi connectivity index (χ1) is 7.00. The van der Waals surface area contributed by atoms with Gasteiger partial charge in [-0.3, -0.25) is 5.41 Å². The maximum absolute atomic E-state index is 7.61. The number of nitrogens with one attached hydrogen (secondary N) is 1. The van der Waals surface area contributed by atoms with Gasteiger partial charge in [-0.1, -0.05) is 12.1 Å². The molecule has 0 aliphatic carbocycles. The van der Waals surface area contributed by atoms with Gasteiger partial charge in [0, 0.05) is 12.7 Å². The van der Waals surface area contributed by atoms with Crippen molar-refractivity contribution in [3.63, 3.8) is 0 Å². The largest absolute Gasteiger partial charge is 0.370 e. The van der Waals surface area contributed by atoms with Crippen LogP contribution in [-0.4, -0.2) is 19.0 Å². The molecule has 0 radical (unpaired) electrons. The molecule has 0 bridgehead atoms. The van der Waals surface area contributed by atoms with Crippen molar-refractivity contribution in [3.8, 4) is 0 Å². The van der Waals surface area contributed by atoms with E-state index in [1.54, 1.807) is 11.9 Å². The second-order valence-electron chi connectivity index (χ2n) is 3.26. The highest BCUT2D eigenvalue weighted by Crippen LogP contribution is 2.14. The van der Waals surface area contributed by atoms with Gasteiger partial charge in [0.15, 0.2) is 5.96 Å². The molecule has 0 fully saturated rings. The van der Waals surface area contributed by atoms with E-state index in [9.17, 15) is 0 Å². The highest BCUT2D eigenvalue weighted by atomic mass is 15.3. The molecule has 80 valence electrons. The number of hydrogen-bond acceptors (Lipinski definition) is 1. The number of aliphatic imine (C=N–C) groups is 1. The number of aryl methyl sites for hydroxylation is 1. The van der Waals surface area contributed by atoms with E-state index in [0.29, 0.717) is 0 Å². The van der Waals surface area contributed by atoms with Crippen molar-refractivity contribution in [2.24, 2.45) is 16.5 Å². The zero-order valence-corrected chi connectivity index (χ0v) is 8.86. The number of nitrogens with zero attached hydrogens (tertiary/aromatic N) is 2. The molecule has 0 aromatic heterocycles. The summed E-state index contributed by atoms with van der Waals surface area (Å²) in [6.45, 7) is 1.99. The molecule has 0 spiro atoms. The van der Waals surface area contributed by atoms with Crippen LogP contribution in [0.2, 0.25) is 0 Å². The number of anilines is 1. The molecule has 1 rings (SSSR count). The van der Waals surface area contributed by atoms with E-state index in [4.69, 9.17) is 16.9 Å². The molecular formula is C10H15N5. The third kappa shape index (κ3) is 2.98. The number of nitrogens with two attached hydrogens (primary N) is 2. The van der Waals surface area contributed by atoms with E-state index in [-0.39, 0.29) is 11.9 Å². The van der Waals surface area contributed by atoms with E-state index in [0.717, 1.165) is 11.3 Å². The second-order valence-corrected chi connectivity index (χ2v) is 3.26. The van der Waals surface area contributed by atoms with Crippen LogP contribution in [0.3, 0.4) is 0 Å². The predicted molar refractivity (Wildman–Crippen MR) is 63.1 cm³/mol. The average molecular weight is 205 g/mol. The number of benzene rings is 1. The summed E-state index contributed by atoms with van der Waals surface area (Å²) < 4.78 is 0. The SMILES string of the molecule is Cc1cccc(N(C)C(=N)N=C(N)N)c1. The standard InChI is InChI=1S/C10H15N5/c1-7-4-3-5-8(6-7)15(2)10(13)14-9(11)12/h3-6H,1-2H3,(H5,11,12,13,14). The van der Waals surface area contributed by atoms with Crippen molar-refractivity contribution in [1.29, 1.82) is 5.41 Å². The Morgan fingerprint density at radius 2 is 2.07 bits per heavy atom. The molecule has 5 heteroatoms. The van der Waals surface area contributed by atoms with Gasteiger partial charge in [-0.15, -0.1) is 0 Å². The van der Waals surface area contributed by atoms with Crippen LogP contribution in [0.1, 0.15) is 5.56 Å². The maximum Gasteiger partial charge on any atom is 0.225 e. The summed E-state index contributed by atoms with van der Waals surface area (Å²) in [5.74, 6) is -0.0971. The summed E-state index contributed by atoms with van der Waals surface area (Å²) in [5, 5.41) is 7.61. The smallest absolute Gasteiger partial charge is 0.225 e. The number of rotatable bonds is 1. The molecule has 0 atom stereocenters. The first kappa shape index (κ1) is 11.0. The Morgan fingerprint density at radius 1 is 1.40 bits per heavy atom. The maximum atomic E-state index is 7.61. The van der Waals surface area contributed by atoms with E-state index >= 15 is 0 Å². The van der Waals surface area contributed by atoms with Crippen LogP contribution in [-0.2, 0) is 0 Å². The molecule has 0 aliphatic heterocycles. The lowest BCUT2D eigenvalue weighted by Gasteiger charge is -2.17. The van der Waals surface area contributed by atoms with Crippen LogP contribution in [0.15, 0.2) is 29.3 Å². The quantitative estimate of drug-likeness (QED) is 0.464. The second kappa shape index (κ2) is 4.45. The van der Waals surface area contributed by atoms with Gasteiger partial charge in [0.2, 0.25) is 5.96 Å². The summed E-state index contributed by atoms with van der Waals surface area (Å²) >= 11 is 0. The summed E-state index contributed by atoms with van der Waals surface area (Å²) in [5.41, 5.74) is 12.4. The average Bonchev–Trinajstić information content (AvgIpc) is 2.15. The summed E-state index contributed by atoms with van der Waals surface area (Å²) in [6, 6.07) is 7.76. The van der Waals surface area contributed by atoms with Gasteiger partial charge < -0.3 is 16.4 Å². The molecule has 0 saturated carbocycles. The Kier molecular flexibility index (Phi) is 3.28. The monoisotopic (exact) mass is 205 g/mol. The van der Waals surface area contributed by atoms with Crippen molar-refractivity contribution in [2.45, 2.75) is 6.92 Å². The van der Waals surface area contributed by atoms with Crippen molar-refractivity contribution in [3.05, 3.63) is 29.8 Å². The number of guanidine groups is 2. The van der Waals surface area contributed by atoms with E-state index in [1.165, 1.54) is 0 Å². The van der Waals surface area contributed by atoms with Crippen molar-refractivity contribution in [1.82, 2.24) is 0 Å². The third-order valence-corrected chi connectivity index (χ3v) is 1.94. The molecule has 1 aromatic carbocycles. The van der Waals surface area contributed by atoms with Gasteiger partial charge in [0.05, 0.1) is 0 Å². The zero-order valence-electron chi connectivity index (χ0n) is 8.86. The van der Waals surface area contributed by atoms with Crippen molar-refractivity contribution < 1.29 is 0 Å². The van der Waals surface area contributed by atoms with E-state index in [1.807, 2.05) is 31.2 Å². The lowest BCUT2D eigenvalue weighted by atomic mass is 10.2. The molecule has 0 unspecified atom stereocenters. The fourth-order valence-corrected chi connectivity index (χ4v) is 1.16. The lowest BCUT2D eigenvalue weighted by Crippen LogP contribution is -2.30. The Balaban J connectivity index is 2.90. The molecule has 5 N–H and O–H groups in total. The highest BCUT2D eigenvalue weighted by molar-refractivity contribution is 6.00. The minimum absolute atomic E-state index is 0.0144. The van der Waals surface area contributed by atoms with Crippen molar-refractivity contribution >= 4 is 17.6 Å². The fraction of sp³-hybridized carbons (Fsp3) is 0.200. The molecule has 15 heavy (non-hydrogen) atoms. The van der Waals surface area contributed by atoms with Crippen LogP contribution in [0.25, 0.3) is 0 Å². The minimum atomic E-state index is -0.112. The summed E-state index contributed by atoms with van der Waals surface area (Å²) in [7, 11) is 1.74. The van der Waals surface area contributed by atoms with E-state index < -0.39 is 0 Å². The van der Waals surface area contributed by atoms with Crippen LogP contribution in [0.5, 0.6) is 0 Å². The molecule has 0 aliphatic rings. The van der Waals surface area contributed by atoms with Gasteiger partial charge in [0.25, 0.3) is 0 Å². The van der Waals surface area contributed by atoms with Gasteiger partial charge in [-0.05, 0) is 24.6 Å². The minimum Gasteiger partial charge on any atom is -0.370 e. The number of hydrogen-bond donors (Lipinski definition) is 3. The molecule has 0 heterocycles. The third-order valence-electron chi connectivity index (χ3n) is 1.94. The van der Waals surface area contributed by atoms with Gasteiger partial charge >= 0.3 is 0 Å². The Hall–Kier alpha value is -2.04. The summed E-state index contributed by atoms with van der Waals surface area (Å²) in [6.07, 6.45) is 0. The van der Waals surface area contributed by atoms with Gasteiger partial charge in [-0.25, -0.2) is 0 Å². The van der Waals surface area contributed by atoms with Crippen LogP contribution < -0.4 is 16.4 Å². The molecule has 0 amide bonds. The van der Waals surface area contributed by atoms with Crippen molar-refractivity contribution in [2.75, 3.05) is 11.9 Å². The molecular weight excluding hydrogens is 190 g/mol. The van der Waals surface area contributed by atoms with Crippen LogP contribution >= 0.6 is 0 Å². The van der Waals surface area contributed by atoms with E-state index in [2.05, 4.69) is 4.99 Å². The fourth-order valence-electron chi connectivity index (χ4n) is 1.16. The highest BCUT2D eigenvalue weighted by Gasteiger charge is 2.05. The van der Waals surface area contributed by atoms with Gasteiger partial charge in [-0.2, -0.15) is 4.99 Å². The Labute approximate surface area is 88.9 Å². The molecule has 1 aromatic rings. The first-order valence-electron chi connectivity index (χ1n) is 4.49. The Morgan fingerprint density at radius 3 is 2.60 bits per heavy atom. The lowest BCUT2D eigenvalue weighted by molar-refractivity contribution is 1.18. The van der Waals surface area contributed by atoms with Gasteiger partial charge in [0.1, 0.15) is 0 Å². The topological polar surface area (TPSA) is 91.5 Å². The normalized spacial score (nSPS) is 9.47. The first-order valence-corrected chi connectivity index (χ1v) is 4.49. The summed E-state index contributed by atoms with van der Waals surface area (Å²) in [4.78, 5) is 5.27. The Bertz CT molecular complexity index is 393. The van der Waals surface area contributed by atoms with Crippen LogP contribution in [0, 0.1) is 12.3 Å². The molecule has 5 nitrogen and oxygen atoms in total. The predicted octanol–water partition coefficient (Wildman–Crippen LogP) is 0.639.